The van der Waals surface area contributed by atoms with Crippen LogP contribution in [-0.2, 0) is 0 Å². The third-order valence-corrected chi connectivity index (χ3v) is 3.10. The van der Waals surface area contributed by atoms with Crippen LogP contribution in [0, 0.1) is 18.4 Å². The van der Waals surface area contributed by atoms with Crippen molar-refractivity contribution in [2.75, 3.05) is 6.26 Å². The van der Waals surface area contributed by atoms with E-state index in [2.05, 4.69) is 10.3 Å². The second-order valence-electron chi connectivity index (χ2n) is 3.79. The maximum absolute atomic E-state index is 11.3. The molecule has 0 aliphatic rings. The van der Waals surface area contributed by atoms with Crippen LogP contribution in [0.1, 0.15) is 5.56 Å². The van der Waals surface area contributed by atoms with Crippen LogP contribution >= 0.6 is 11.8 Å². The molecule has 5 nitrogen and oxygen atoms in total. The van der Waals surface area contributed by atoms with Gasteiger partial charge in [0.25, 0.3) is 0 Å². The monoisotopic (exact) mass is 273 g/mol. The Hall–Kier alpha value is -2.26. The number of aliphatic imine (C=N–C) groups is 1. The summed E-state index contributed by atoms with van der Waals surface area (Å²) in [5, 5.41) is 12.4. The molecule has 0 aliphatic carbocycles. The predicted octanol–water partition coefficient (Wildman–Crippen LogP) is 2.52. The Morgan fingerprint density at radius 2 is 2.26 bits per heavy atom. The highest BCUT2D eigenvalue weighted by Gasteiger charge is 2.04. The molecule has 0 atom stereocenters. The molecule has 1 N–H and O–H groups in total. The number of nitriles is 1. The van der Waals surface area contributed by atoms with Crippen molar-refractivity contribution in [3.05, 3.63) is 40.2 Å². The highest BCUT2D eigenvalue weighted by molar-refractivity contribution is 8.13. The first kappa shape index (κ1) is 13.2. The van der Waals surface area contributed by atoms with E-state index in [4.69, 9.17) is 9.68 Å². The van der Waals surface area contributed by atoms with Gasteiger partial charge in [-0.15, -0.1) is 0 Å². The summed E-state index contributed by atoms with van der Waals surface area (Å²) in [5.74, 6) is 0. The van der Waals surface area contributed by atoms with Gasteiger partial charge in [0.15, 0.2) is 11.4 Å². The van der Waals surface area contributed by atoms with Crippen LogP contribution in [0.2, 0.25) is 0 Å². The first-order valence-corrected chi connectivity index (χ1v) is 6.69. The van der Waals surface area contributed by atoms with Crippen LogP contribution in [0.5, 0.6) is 0 Å². The molecule has 96 valence electrons. The van der Waals surface area contributed by atoms with Gasteiger partial charge in [0.2, 0.25) is 0 Å². The van der Waals surface area contributed by atoms with Gasteiger partial charge in [-0.2, -0.15) is 5.26 Å². The summed E-state index contributed by atoms with van der Waals surface area (Å²) in [6, 6.07) is 6.79. The van der Waals surface area contributed by atoms with Crippen molar-refractivity contribution in [3.8, 4) is 6.19 Å². The van der Waals surface area contributed by atoms with Crippen molar-refractivity contribution >= 4 is 33.6 Å². The number of benzene rings is 1. The minimum atomic E-state index is -0.383. The van der Waals surface area contributed by atoms with E-state index in [0.29, 0.717) is 16.4 Å². The second-order valence-corrected chi connectivity index (χ2v) is 4.58. The molecular weight excluding hydrogens is 262 g/mol. The Morgan fingerprint density at radius 3 is 2.95 bits per heavy atom. The van der Waals surface area contributed by atoms with E-state index in [1.807, 2.05) is 31.5 Å². The van der Waals surface area contributed by atoms with Crippen LogP contribution < -0.4 is 10.9 Å². The number of fused-ring (bicyclic) bond motifs is 1. The van der Waals surface area contributed by atoms with Gasteiger partial charge in [-0.3, -0.25) is 5.32 Å². The number of hydrogen-bond donors (Lipinski definition) is 1. The maximum Gasteiger partial charge on any atom is 0.336 e. The molecule has 0 fully saturated rings. The predicted molar refractivity (Wildman–Crippen MR) is 76.6 cm³/mol. The first-order valence-electron chi connectivity index (χ1n) is 5.46. The second kappa shape index (κ2) is 5.59. The minimum absolute atomic E-state index is 0.383. The molecule has 0 amide bonds. The smallest absolute Gasteiger partial charge is 0.336 e. The van der Waals surface area contributed by atoms with Crippen molar-refractivity contribution in [2.24, 2.45) is 4.99 Å². The summed E-state index contributed by atoms with van der Waals surface area (Å²) in [6.45, 7) is 1.85. The van der Waals surface area contributed by atoms with E-state index in [1.165, 1.54) is 17.8 Å². The zero-order valence-electron chi connectivity index (χ0n) is 10.4. The number of hydrogen-bond acceptors (Lipinski definition) is 5. The van der Waals surface area contributed by atoms with Gasteiger partial charge in [0.05, 0.1) is 5.69 Å². The van der Waals surface area contributed by atoms with Crippen LogP contribution in [0.3, 0.4) is 0 Å². The molecule has 2 aromatic rings. The van der Waals surface area contributed by atoms with E-state index in [1.54, 1.807) is 6.07 Å². The fourth-order valence-electron chi connectivity index (χ4n) is 1.67. The molecule has 0 saturated heterocycles. The maximum atomic E-state index is 11.3. The number of nitrogens with zero attached hydrogens (tertiary/aromatic N) is 2. The van der Waals surface area contributed by atoms with Crippen molar-refractivity contribution in [1.29, 1.82) is 5.26 Å². The highest BCUT2D eigenvalue weighted by Crippen LogP contribution is 2.23. The van der Waals surface area contributed by atoms with Gasteiger partial charge < -0.3 is 4.42 Å². The Morgan fingerprint density at radius 1 is 1.47 bits per heavy atom. The van der Waals surface area contributed by atoms with Gasteiger partial charge in [0, 0.05) is 17.5 Å². The summed E-state index contributed by atoms with van der Waals surface area (Å²) in [5.41, 5.74) is 1.59. The van der Waals surface area contributed by atoms with Crippen LogP contribution in [0.25, 0.3) is 11.0 Å². The quantitative estimate of drug-likeness (QED) is 0.284. The number of thioether (sulfide) groups is 1. The summed E-state index contributed by atoms with van der Waals surface area (Å²) in [7, 11) is 0. The fourth-order valence-corrected chi connectivity index (χ4v) is 2.02. The lowest BCUT2D eigenvalue weighted by molar-refractivity contribution is 0.560. The molecule has 0 saturated carbocycles. The molecule has 0 spiro atoms. The van der Waals surface area contributed by atoms with Crippen molar-refractivity contribution in [3.63, 3.8) is 0 Å². The van der Waals surface area contributed by atoms with Gasteiger partial charge in [-0.05, 0) is 30.9 Å². The van der Waals surface area contributed by atoms with E-state index >= 15 is 0 Å². The van der Waals surface area contributed by atoms with Crippen molar-refractivity contribution < 1.29 is 4.42 Å². The zero-order valence-corrected chi connectivity index (χ0v) is 11.2. The number of amidine groups is 1. The van der Waals surface area contributed by atoms with E-state index in [0.717, 1.165) is 10.9 Å². The average Bonchev–Trinajstić information content (AvgIpc) is 2.37. The van der Waals surface area contributed by atoms with Gasteiger partial charge >= 0.3 is 5.63 Å². The lowest BCUT2D eigenvalue weighted by atomic mass is 10.1. The Balaban J connectivity index is 2.53. The van der Waals surface area contributed by atoms with Crippen LogP contribution in [-0.4, -0.2) is 11.4 Å². The van der Waals surface area contributed by atoms with Gasteiger partial charge in [0.1, 0.15) is 5.58 Å². The molecule has 0 aliphatic heterocycles. The van der Waals surface area contributed by atoms with Crippen molar-refractivity contribution in [1.82, 2.24) is 5.32 Å². The number of aryl methyl sites for hydroxylation is 1. The third-order valence-electron chi connectivity index (χ3n) is 2.52. The molecule has 1 aromatic carbocycles. The summed E-state index contributed by atoms with van der Waals surface area (Å²) >= 11 is 1.33. The van der Waals surface area contributed by atoms with Crippen molar-refractivity contribution in [2.45, 2.75) is 6.92 Å². The van der Waals surface area contributed by atoms with Gasteiger partial charge in [-0.1, -0.05) is 11.8 Å². The molecule has 1 heterocycles. The summed E-state index contributed by atoms with van der Waals surface area (Å²) in [6.07, 6.45) is 3.63. The fraction of sp³-hybridized carbons (Fsp3) is 0.154. The molecule has 1 aromatic heterocycles. The number of nitrogens with one attached hydrogen (secondary N) is 1. The molecule has 6 heteroatoms. The average molecular weight is 273 g/mol. The Bertz CT molecular complexity index is 744. The van der Waals surface area contributed by atoms with E-state index in [9.17, 15) is 4.79 Å². The molecular formula is C13H11N3O2S. The number of rotatable bonds is 1. The lowest BCUT2D eigenvalue weighted by Crippen LogP contribution is -2.12. The zero-order chi connectivity index (χ0) is 13.8. The normalized spacial score (nSPS) is 11.3. The van der Waals surface area contributed by atoms with Crippen LogP contribution in [0.4, 0.5) is 5.69 Å². The third kappa shape index (κ3) is 2.95. The molecule has 0 radical (unpaired) electrons. The van der Waals surface area contributed by atoms with Gasteiger partial charge in [-0.25, -0.2) is 9.79 Å². The minimum Gasteiger partial charge on any atom is -0.423 e. The van der Waals surface area contributed by atoms with E-state index < -0.39 is 0 Å². The van der Waals surface area contributed by atoms with E-state index in [-0.39, 0.29) is 5.63 Å². The summed E-state index contributed by atoms with van der Waals surface area (Å²) in [4.78, 5) is 15.6. The summed E-state index contributed by atoms with van der Waals surface area (Å²) < 4.78 is 5.14. The standard InChI is InChI=1S/C13H11N3O2S/c1-8-5-12(17)18-11-6-9(3-4-10(8)11)16-13(19-2)15-7-14/h3-6H,1-2H3,(H,15,16). The molecule has 19 heavy (non-hydrogen) atoms. The molecule has 0 unspecified atom stereocenters. The Kier molecular flexibility index (Phi) is 3.88. The largest absolute Gasteiger partial charge is 0.423 e. The Labute approximate surface area is 114 Å². The highest BCUT2D eigenvalue weighted by atomic mass is 32.2. The van der Waals surface area contributed by atoms with Crippen LogP contribution in [0.15, 0.2) is 38.5 Å². The topological polar surface area (TPSA) is 78.4 Å². The molecule has 2 rings (SSSR count). The lowest BCUT2D eigenvalue weighted by Gasteiger charge is -2.03. The molecule has 0 bridgehead atoms. The first-order chi connectivity index (χ1) is 9.13. The SMILES string of the molecule is CSC(=Nc1ccc2c(C)cc(=O)oc2c1)NC#N.